The largest absolute Gasteiger partial charge is 0.493 e. The van der Waals surface area contributed by atoms with Crippen molar-refractivity contribution in [1.82, 2.24) is 9.88 Å². The van der Waals surface area contributed by atoms with Crippen LogP contribution in [0.5, 0.6) is 11.5 Å². The molecule has 0 unspecified atom stereocenters. The normalized spacial score (nSPS) is 10.3. The molecule has 2 aromatic carbocycles. The Morgan fingerprint density at radius 1 is 0.966 bits per heavy atom. The van der Waals surface area contributed by atoms with Crippen LogP contribution in [-0.4, -0.2) is 29.2 Å². The molecule has 0 aliphatic carbocycles. The van der Waals surface area contributed by atoms with Crippen molar-refractivity contribution in [2.75, 3.05) is 19.5 Å². The standard InChI is InChI=1S/C23H25N3O2S/c1-17-6-4-8-20(12-17)25-23(29)26(16-19-7-5-11-24-14-19)15-18-9-10-21(27-2)22(13-18)28-3/h4-14H,15-16H2,1-3H3,(H,25,29). The van der Waals surface area contributed by atoms with Gasteiger partial charge in [0.25, 0.3) is 0 Å². The third-order valence-corrected chi connectivity index (χ3v) is 4.83. The van der Waals surface area contributed by atoms with E-state index in [1.165, 1.54) is 5.56 Å². The number of pyridine rings is 1. The Morgan fingerprint density at radius 2 is 1.76 bits per heavy atom. The van der Waals surface area contributed by atoms with Gasteiger partial charge >= 0.3 is 0 Å². The van der Waals surface area contributed by atoms with E-state index in [2.05, 4.69) is 34.3 Å². The number of aromatic nitrogens is 1. The first-order chi connectivity index (χ1) is 14.1. The van der Waals surface area contributed by atoms with Crippen molar-refractivity contribution < 1.29 is 9.47 Å². The molecular formula is C23H25N3O2S. The molecule has 1 N–H and O–H groups in total. The minimum atomic E-state index is 0.618. The van der Waals surface area contributed by atoms with Gasteiger partial charge in [0, 0.05) is 31.2 Å². The molecule has 0 fully saturated rings. The second kappa shape index (κ2) is 9.89. The second-order valence-electron chi connectivity index (χ2n) is 6.71. The lowest BCUT2D eigenvalue weighted by Gasteiger charge is -2.26. The highest BCUT2D eigenvalue weighted by atomic mass is 32.1. The van der Waals surface area contributed by atoms with E-state index in [0.717, 1.165) is 16.8 Å². The van der Waals surface area contributed by atoms with Crippen LogP contribution in [0.15, 0.2) is 67.0 Å². The number of nitrogens with one attached hydrogen (secondary N) is 1. The summed E-state index contributed by atoms with van der Waals surface area (Å²) < 4.78 is 10.8. The van der Waals surface area contributed by atoms with Crippen molar-refractivity contribution in [3.63, 3.8) is 0 Å². The Hall–Kier alpha value is -3.12. The fourth-order valence-electron chi connectivity index (χ4n) is 3.04. The van der Waals surface area contributed by atoms with E-state index in [4.69, 9.17) is 21.7 Å². The summed E-state index contributed by atoms with van der Waals surface area (Å²) in [5.41, 5.74) is 4.30. The number of nitrogens with zero attached hydrogens (tertiary/aromatic N) is 2. The maximum absolute atomic E-state index is 5.75. The van der Waals surface area contributed by atoms with E-state index < -0.39 is 0 Å². The zero-order chi connectivity index (χ0) is 20.6. The summed E-state index contributed by atoms with van der Waals surface area (Å²) in [6.45, 7) is 3.32. The summed E-state index contributed by atoms with van der Waals surface area (Å²) >= 11 is 5.75. The van der Waals surface area contributed by atoms with Crippen LogP contribution in [0, 0.1) is 6.92 Å². The van der Waals surface area contributed by atoms with Crippen LogP contribution in [0.3, 0.4) is 0 Å². The lowest BCUT2D eigenvalue weighted by molar-refractivity contribution is 0.352. The molecule has 150 valence electrons. The third-order valence-electron chi connectivity index (χ3n) is 4.47. The minimum absolute atomic E-state index is 0.618. The first-order valence-electron chi connectivity index (χ1n) is 9.31. The van der Waals surface area contributed by atoms with E-state index >= 15 is 0 Å². The predicted octanol–water partition coefficient (Wildman–Crippen LogP) is 4.81. The fraction of sp³-hybridized carbons (Fsp3) is 0.217. The number of ether oxygens (including phenoxy) is 2. The van der Waals surface area contributed by atoms with Crippen LogP contribution in [0.25, 0.3) is 0 Å². The van der Waals surface area contributed by atoms with Crippen molar-refractivity contribution in [3.05, 3.63) is 83.7 Å². The van der Waals surface area contributed by atoms with Crippen LogP contribution in [-0.2, 0) is 13.1 Å². The molecule has 1 aromatic heterocycles. The monoisotopic (exact) mass is 407 g/mol. The summed E-state index contributed by atoms with van der Waals surface area (Å²) in [6, 6.07) is 18.0. The fourth-order valence-corrected chi connectivity index (χ4v) is 3.28. The Balaban J connectivity index is 1.83. The summed E-state index contributed by atoms with van der Waals surface area (Å²) in [4.78, 5) is 6.33. The molecule has 5 nitrogen and oxygen atoms in total. The van der Waals surface area contributed by atoms with E-state index in [-0.39, 0.29) is 0 Å². The van der Waals surface area contributed by atoms with Gasteiger partial charge in [-0.2, -0.15) is 0 Å². The Labute approximate surface area is 177 Å². The minimum Gasteiger partial charge on any atom is -0.493 e. The van der Waals surface area contributed by atoms with E-state index in [1.54, 1.807) is 20.4 Å². The molecule has 0 aliphatic heterocycles. The molecule has 29 heavy (non-hydrogen) atoms. The van der Waals surface area contributed by atoms with Crippen molar-refractivity contribution in [2.45, 2.75) is 20.0 Å². The van der Waals surface area contributed by atoms with Gasteiger partial charge in [-0.15, -0.1) is 0 Å². The molecule has 0 saturated heterocycles. The van der Waals surface area contributed by atoms with Crippen LogP contribution < -0.4 is 14.8 Å². The number of hydrogen-bond donors (Lipinski definition) is 1. The molecule has 3 aromatic rings. The van der Waals surface area contributed by atoms with Crippen LogP contribution in [0.4, 0.5) is 5.69 Å². The van der Waals surface area contributed by atoms with Gasteiger partial charge in [-0.25, -0.2) is 0 Å². The van der Waals surface area contributed by atoms with E-state index in [0.29, 0.717) is 29.7 Å². The zero-order valence-corrected chi connectivity index (χ0v) is 17.7. The molecule has 0 aliphatic rings. The van der Waals surface area contributed by atoms with Gasteiger partial charge in [-0.05, 0) is 66.2 Å². The topological polar surface area (TPSA) is 46.6 Å². The van der Waals surface area contributed by atoms with Gasteiger partial charge in [0.05, 0.1) is 14.2 Å². The molecule has 0 radical (unpaired) electrons. The molecule has 0 bridgehead atoms. The maximum Gasteiger partial charge on any atom is 0.174 e. The molecule has 0 atom stereocenters. The Bertz CT molecular complexity index is 963. The summed E-state index contributed by atoms with van der Waals surface area (Å²) in [6.07, 6.45) is 3.63. The maximum atomic E-state index is 5.75. The summed E-state index contributed by atoms with van der Waals surface area (Å²) in [5, 5.41) is 4.00. The number of methoxy groups -OCH3 is 2. The number of aryl methyl sites for hydroxylation is 1. The molecule has 3 rings (SSSR count). The SMILES string of the molecule is COc1ccc(CN(Cc2cccnc2)C(=S)Nc2cccc(C)c2)cc1OC. The Morgan fingerprint density at radius 3 is 2.45 bits per heavy atom. The second-order valence-corrected chi connectivity index (χ2v) is 7.09. The molecule has 0 spiro atoms. The highest BCUT2D eigenvalue weighted by molar-refractivity contribution is 7.80. The van der Waals surface area contributed by atoms with Crippen molar-refractivity contribution in [1.29, 1.82) is 0 Å². The molecule has 6 heteroatoms. The number of rotatable bonds is 7. The first-order valence-corrected chi connectivity index (χ1v) is 9.72. The molecular weight excluding hydrogens is 382 g/mol. The van der Waals surface area contributed by atoms with Crippen LogP contribution in [0.1, 0.15) is 16.7 Å². The van der Waals surface area contributed by atoms with Crippen molar-refractivity contribution >= 4 is 23.0 Å². The number of thiocarbonyl (C=S) groups is 1. The summed E-state index contributed by atoms with van der Waals surface area (Å²) in [7, 11) is 3.27. The number of benzene rings is 2. The quantitative estimate of drug-likeness (QED) is 0.568. The smallest absolute Gasteiger partial charge is 0.174 e. The van der Waals surface area contributed by atoms with Gasteiger partial charge in [0.15, 0.2) is 16.6 Å². The first kappa shape index (κ1) is 20.6. The molecule has 0 amide bonds. The average Bonchev–Trinajstić information content (AvgIpc) is 2.74. The van der Waals surface area contributed by atoms with Gasteiger partial charge < -0.3 is 19.7 Å². The number of hydrogen-bond acceptors (Lipinski definition) is 4. The van der Waals surface area contributed by atoms with Crippen LogP contribution >= 0.6 is 12.2 Å². The van der Waals surface area contributed by atoms with Gasteiger partial charge in [-0.1, -0.05) is 24.3 Å². The van der Waals surface area contributed by atoms with Crippen molar-refractivity contribution in [3.8, 4) is 11.5 Å². The Kier molecular flexibility index (Phi) is 7.03. The zero-order valence-electron chi connectivity index (χ0n) is 16.9. The van der Waals surface area contributed by atoms with Gasteiger partial charge in [0.1, 0.15) is 0 Å². The van der Waals surface area contributed by atoms with E-state index in [9.17, 15) is 0 Å². The third kappa shape index (κ3) is 5.68. The predicted molar refractivity (Wildman–Crippen MR) is 120 cm³/mol. The molecule has 0 saturated carbocycles. The van der Waals surface area contributed by atoms with Crippen LogP contribution in [0.2, 0.25) is 0 Å². The van der Waals surface area contributed by atoms with E-state index in [1.807, 2.05) is 48.7 Å². The van der Waals surface area contributed by atoms with Crippen molar-refractivity contribution in [2.24, 2.45) is 0 Å². The highest BCUT2D eigenvalue weighted by Gasteiger charge is 2.14. The molecule has 1 heterocycles. The lowest BCUT2D eigenvalue weighted by Crippen LogP contribution is -2.33. The summed E-state index contributed by atoms with van der Waals surface area (Å²) in [5.74, 6) is 1.40. The average molecular weight is 408 g/mol. The highest BCUT2D eigenvalue weighted by Crippen LogP contribution is 2.28. The van der Waals surface area contributed by atoms with Gasteiger partial charge in [-0.3, -0.25) is 4.98 Å². The number of anilines is 1. The lowest BCUT2D eigenvalue weighted by atomic mass is 10.1. The van der Waals surface area contributed by atoms with Gasteiger partial charge in [0.2, 0.25) is 0 Å².